The zero-order valence-electron chi connectivity index (χ0n) is 15.1. The molecule has 3 rings (SSSR count). The molecule has 1 amide bonds. The summed E-state index contributed by atoms with van der Waals surface area (Å²) < 4.78 is 5.35. The van der Waals surface area contributed by atoms with Gasteiger partial charge in [-0.15, -0.1) is 0 Å². The summed E-state index contributed by atoms with van der Waals surface area (Å²) in [7, 11) is 1.53. The molecule has 8 nitrogen and oxygen atoms in total. The monoisotopic (exact) mass is 371 g/mol. The van der Waals surface area contributed by atoms with Gasteiger partial charge in [-0.1, -0.05) is 18.2 Å². The number of carboxylic acid groups (broad SMARTS) is 1. The van der Waals surface area contributed by atoms with E-state index in [4.69, 9.17) is 4.74 Å². The molecular weight excluding hydrogens is 350 g/mol. The van der Waals surface area contributed by atoms with Crippen LogP contribution in [0, 0.1) is 12.8 Å². The lowest BCUT2D eigenvalue weighted by Gasteiger charge is -2.18. The molecule has 0 spiro atoms. The van der Waals surface area contributed by atoms with Crippen molar-refractivity contribution in [1.82, 2.24) is 14.9 Å². The molecule has 0 unspecified atom stereocenters. The van der Waals surface area contributed by atoms with Crippen LogP contribution in [-0.4, -0.2) is 52.1 Å². The molecule has 8 heteroatoms. The summed E-state index contributed by atoms with van der Waals surface area (Å²) in [5, 5.41) is 9.63. The van der Waals surface area contributed by atoms with Crippen LogP contribution in [-0.2, 0) is 16.0 Å². The van der Waals surface area contributed by atoms with Gasteiger partial charge in [0.25, 0.3) is 5.56 Å². The molecule has 0 bridgehead atoms. The van der Waals surface area contributed by atoms with E-state index in [-0.39, 0.29) is 42.5 Å². The van der Waals surface area contributed by atoms with Crippen LogP contribution >= 0.6 is 0 Å². The number of ether oxygens (including phenoxy) is 1. The highest BCUT2D eigenvalue weighted by Crippen LogP contribution is 2.37. The number of carboxylic acids is 1. The molecule has 1 aromatic carbocycles. The largest absolute Gasteiger partial charge is 0.496 e. The van der Waals surface area contributed by atoms with Gasteiger partial charge < -0.3 is 19.7 Å². The van der Waals surface area contributed by atoms with E-state index in [1.807, 2.05) is 18.2 Å². The first-order chi connectivity index (χ1) is 12.9. The molecule has 1 fully saturated rings. The predicted molar refractivity (Wildman–Crippen MR) is 96.7 cm³/mol. The Hall–Kier alpha value is -3.16. The lowest BCUT2D eigenvalue weighted by Crippen LogP contribution is -2.33. The number of aromatic amines is 1. The number of H-pyrrole nitrogens is 1. The number of likely N-dealkylation sites (tertiary alicyclic amines) is 1. The third-order valence-corrected chi connectivity index (χ3v) is 4.87. The van der Waals surface area contributed by atoms with Crippen LogP contribution in [0.3, 0.4) is 0 Å². The van der Waals surface area contributed by atoms with E-state index in [1.54, 1.807) is 13.0 Å². The summed E-state index contributed by atoms with van der Waals surface area (Å²) >= 11 is 0. The van der Waals surface area contributed by atoms with Crippen molar-refractivity contribution in [2.24, 2.45) is 5.92 Å². The average molecular weight is 371 g/mol. The zero-order chi connectivity index (χ0) is 19.6. The van der Waals surface area contributed by atoms with Crippen LogP contribution in [0.1, 0.15) is 22.9 Å². The molecule has 1 aliphatic rings. The minimum Gasteiger partial charge on any atom is -0.496 e. The molecule has 1 aliphatic heterocycles. The van der Waals surface area contributed by atoms with E-state index in [9.17, 15) is 19.5 Å². The Balaban J connectivity index is 1.82. The average Bonchev–Trinajstić information content (AvgIpc) is 3.09. The number of aliphatic carboxylic acids is 1. The number of hydrogen-bond acceptors (Lipinski definition) is 5. The quantitative estimate of drug-likeness (QED) is 0.809. The fourth-order valence-electron chi connectivity index (χ4n) is 3.46. The number of rotatable bonds is 5. The van der Waals surface area contributed by atoms with Crippen molar-refractivity contribution in [2.75, 3.05) is 20.2 Å². The number of aryl methyl sites for hydroxylation is 1. The predicted octanol–water partition coefficient (Wildman–Crippen LogP) is 0.956. The number of amides is 1. The molecule has 2 atom stereocenters. The van der Waals surface area contributed by atoms with E-state index >= 15 is 0 Å². The zero-order valence-corrected chi connectivity index (χ0v) is 15.1. The summed E-state index contributed by atoms with van der Waals surface area (Å²) in [5.41, 5.74) is 0.668. The number of nitrogens with zero attached hydrogens (tertiary/aromatic N) is 2. The number of para-hydroxylation sites is 1. The number of hydrogen-bond donors (Lipinski definition) is 2. The number of nitrogens with one attached hydrogen (secondary N) is 1. The molecular formula is C19H21N3O5. The summed E-state index contributed by atoms with van der Waals surface area (Å²) in [6, 6.07) is 7.23. The van der Waals surface area contributed by atoms with Crippen LogP contribution in [0.4, 0.5) is 0 Å². The summed E-state index contributed by atoms with van der Waals surface area (Å²) in [4.78, 5) is 44.5. The van der Waals surface area contributed by atoms with E-state index in [2.05, 4.69) is 9.97 Å². The van der Waals surface area contributed by atoms with Crippen molar-refractivity contribution in [3.63, 3.8) is 0 Å². The molecule has 0 saturated carbocycles. The highest BCUT2D eigenvalue weighted by atomic mass is 16.5. The molecule has 2 aromatic rings. The van der Waals surface area contributed by atoms with Crippen molar-refractivity contribution in [3.8, 4) is 5.75 Å². The van der Waals surface area contributed by atoms with Gasteiger partial charge in [0, 0.05) is 30.8 Å². The minimum atomic E-state index is -0.962. The number of aromatic nitrogens is 2. The van der Waals surface area contributed by atoms with E-state index < -0.39 is 11.9 Å². The summed E-state index contributed by atoms with van der Waals surface area (Å²) in [6.07, 6.45) is 1.27. The summed E-state index contributed by atoms with van der Waals surface area (Å²) in [6.45, 7) is 2.00. The summed E-state index contributed by atoms with van der Waals surface area (Å²) in [5.74, 6) is -1.30. The first kappa shape index (κ1) is 18.6. The standard InChI is InChI=1S/C19H21N3O5/c1-11-20-8-12(18(24)21-11)7-17(23)22-9-14(15(10-22)19(25)26)13-5-3-4-6-16(13)27-2/h3-6,8,14-15H,7,9-10H2,1-2H3,(H,25,26)(H,20,21,24)/t14-,15+/m1/s1. The second-order valence-electron chi connectivity index (χ2n) is 6.59. The topological polar surface area (TPSA) is 113 Å². The first-order valence-corrected chi connectivity index (χ1v) is 8.59. The van der Waals surface area contributed by atoms with Gasteiger partial charge >= 0.3 is 5.97 Å². The molecule has 2 heterocycles. The maximum Gasteiger partial charge on any atom is 0.308 e. The number of carbonyl (C=O) groups is 2. The Morgan fingerprint density at radius 2 is 2.07 bits per heavy atom. The van der Waals surface area contributed by atoms with Crippen LogP contribution in [0.2, 0.25) is 0 Å². The van der Waals surface area contributed by atoms with Gasteiger partial charge in [0.1, 0.15) is 11.6 Å². The SMILES string of the molecule is COc1ccccc1[C@H]1CN(C(=O)Cc2cnc(C)[nH]c2=O)C[C@@H]1C(=O)O. The third-order valence-electron chi connectivity index (χ3n) is 4.87. The Kier molecular flexibility index (Phi) is 5.25. The van der Waals surface area contributed by atoms with Crippen molar-refractivity contribution < 1.29 is 19.4 Å². The van der Waals surface area contributed by atoms with E-state index in [1.165, 1.54) is 18.2 Å². The second-order valence-corrected chi connectivity index (χ2v) is 6.59. The first-order valence-electron chi connectivity index (χ1n) is 8.59. The molecule has 0 radical (unpaired) electrons. The molecule has 142 valence electrons. The van der Waals surface area contributed by atoms with Gasteiger partial charge in [-0.05, 0) is 18.6 Å². The lowest BCUT2D eigenvalue weighted by atomic mass is 9.88. The number of methoxy groups -OCH3 is 1. The Bertz CT molecular complexity index is 924. The van der Waals surface area contributed by atoms with Crippen LogP contribution in [0.15, 0.2) is 35.3 Å². The Morgan fingerprint density at radius 1 is 1.33 bits per heavy atom. The van der Waals surface area contributed by atoms with Crippen LogP contribution < -0.4 is 10.3 Å². The smallest absolute Gasteiger partial charge is 0.308 e. The highest BCUT2D eigenvalue weighted by molar-refractivity contribution is 5.81. The maximum absolute atomic E-state index is 12.7. The Morgan fingerprint density at radius 3 is 2.74 bits per heavy atom. The van der Waals surface area contributed by atoms with E-state index in [0.717, 1.165) is 5.56 Å². The maximum atomic E-state index is 12.7. The van der Waals surface area contributed by atoms with Gasteiger partial charge in [0.05, 0.1) is 19.4 Å². The lowest BCUT2D eigenvalue weighted by molar-refractivity contribution is -0.141. The van der Waals surface area contributed by atoms with Crippen LogP contribution in [0.25, 0.3) is 0 Å². The number of benzene rings is 1. The van der Waals surface area contributed by atoms with Crippen LogP contribution in [0.5, 0.6) is 5.75 Å². The normalized spacial score (nSPS) is 19.1. The third kappa shape index (κ3) is 3.84. The van der Waals surface area contributed by atoms with E-state index in [0.29, 0.717) is 11.6 Å². The van der Waals surface area contributed by atoms with Gasteiger partial charge in [-0.3, -0.25) is 14.4 Å². The van der Waals surface area contributed by atoms with Crippen molar-refractivity contribution in [2.45, 2.75) is 19.3 Å². The van der Waals surface area contributed by atoms with Crippen molar-refractivity contribution >= 4 is 11.9 Å². The van der Waals surface area contributed by atoms with Crippen molar-refractivity contribution in [3.05, 3.63) is 57.8 Å². The minimum absolute atomic E-state index is 0.0913. The van der Waals surface area contributed by atoms with Crippen molar-refractivity contribution in [1.29, 1.82) is 0 Å². The fourth-order valence-corrected chi connectivity index (χ4v) is 3.46. The Labute approximate surface area is 155 Å². The molecule has 1 saturated heterocycles. The molecule has 2 N–H and O–H groups in total. The molecule has 27 heavy (non-hydrogen) atoms. The number of carbonyl (C=O) groups excluding carboxylic acids is 1. The van der Waals surface area contributed by atoms with Gasteiger partial charge in [0.2, 0.25) is 5.91 Å². The molecule has 0 aliphatic carbocycles. The second kappa shape index (κ2) is 7.61. The molecule has 1 aromatic heterocycles. The highest BCUT2D eigenvalue weighted by Gasteiger charge is 2.41. The van der Waals surface area contributed by atoms with Gasteiger partial charge in [-0.25, -0.2) is 4.98 Å². The fraction of sp³-hybridized carbons (Fsp3) is 0.368. The van der Waals surface area contributed by atoms with Gasteiger partial charge in [0.15, 0.2) is 0 Å². The van der Waals surface area contributed by atoms with Gasteiger partial charge in [-0.2, -0.15) is 0 Å².